The van der Waals surface area contributed by atoms with Crippen LogP contribution in [0.2, 0.25) is 0 Å². The van der Waals surface area contributed by atoms with Crippen LogP contribution in [-0.2, 0) is 16.0 Å². The summed E-state index contributed by atoms with van der Waals surface area (Å²) in [5, 5.41) is 37.1. The van der Waals surface area contributed by atoms with E-state index in [0.717, 1.165) is 35.5 Å². The number of nitrogens with zero attached hydrogens (tertiary/aromatic N) is 3. The molecule has 3 heterocycles. The molecule has 1 aliphatic heterocycles. The summed E-state index contributed by atoms with van der Waals surface area (Å²) in [5.41, 5.74) is 6.90. The normalized spacial score (nSPS) is 13.8. The van der Waals surface area contributed by atoms with Gasteiger partial charge >= 0.3 is 0 Å². The molecule has 1 aliphatic rings. The van der Waals surface area contributed by atoms with Crippen LogP contribution in [-0.4, -0.2) is 57.5 Å². The molecule has 0 amide bonds. The quantitative estimate of drug-likeness (QED) is 0.216. The molecule has 0 spiro atoms. The number of pyridine rings is 1. The van der Waals surface area contributed by atoms with Crippen molar-refractivity contribution in [2.75, 3.05) is 18.4 Å². The van der Waals surface area contributed by atoms with Crippen LogP contribution in [0.15, 0.2) is 73.1 Å². The fourth-order valence-corrected chi connectivity index (χ4v) is 4.29. The molecule has 0 fully saturated rings. The third kappa shape index (κ3) is 7.89. The van der Waals surface area contributed by atoms with Gasteiger partial charge in [0, 0.05) is 23.5 Å². The lowest BCUT2D eigenvalue weighted by molar-refractivity contribution is -0.123. The van der Waals surface area contributed by atoms with Gasteiger partial charge in [0.05, 0.1) is 35.6 Å². The van der Waals surface area contributed by atoms with E-state index in [9.17, 15) is 0 Å². The highest BCUT2D eigenvalue weighted by Gasteiger charge is 2.29. The van der Waals surface area contributed by atoms with E-state index in [2.05, 4.69) is 50.1 Å². The summed E-state index contributed by atoms with van der Waals surface area (Å²) in [6, 6.07) is 22.3. The Labute approximate surface area is 231 Å². The Morgan fingerprint density at radius 2 is 1.85 bits per heavy atom. The molecule has 2 aromatic carbocycles. The molecule has 0 saturated heterocycles. The molecule has 206 valence electrons. The Morgan fingerprint density at radius 1 is 1.15 bits per heavy atom. The highest BCUT2D eigenvalue weighted by molar-refractivity contribution is 5.71. The van der Waals surface area contributed by atoms with Crippen molar-refractivity contribution in [2.45, 2.75) is 25.5 Å². The van der Waals surface area contributed by atoms with E-state index in [1.165, 1.54) is 11.1 Å². The number of nitrogens with one attached hydrogen (secondary N) is 3. The van der Waals surface area contributed by atoms with Crippen LogP contribution in [0.5, 0.6) is 5.88 Å². The van der Waals surface area contributed by atoms with Gasteiger partial charge in [0.25, 0.3) is 12.9 Å². The molecule has 0 saturated carbocycles. The first-order valence-electron chi connectivity index (χ1n) is 12.4. The number of hydrogen-bond acceptors (Lipinski definition) is 8. The maximum Gasteiger partial charge on any atom is 0.290 e. The number of aromatic nitrogens is 3. The minimum absolute atomic E-state index is 0.00201. The second kappa shape index (κ2) is 15.3. The molecule has 0 radical (unpaired) electrons. The van der Waals surface area contributed by atoms with Gasteiger partial charge in [0.2, 0.25) is 5.88 Å². The molecule has 11 nitrogen and oxygen atoms in total. The second-order valence-corrected chi connectivity index (χ2v) is 8.61. The Balaban J connectivity index is 0.000000676. The van der Waals surface area contributed by atoms with Gasteiger partial charge in [0.1, 0.15) is 6.10 Å². The SMILES string of the molecule is Cc1n[nH]cc1-c1cnc2c(c1)NC[C@@H]([C@H](NCCc1ccc(C#N)cc1)c1ccccc1)O2.O=CO.O=CO. The van der Waals surface area contributed by atoms with Crippen LogP contribution < -0.4 is 15.4 Å². The molecule has 0 bridgehead atoms. The minimum Gasteiger partial charge on any atom is -0.483 e. The molecule has 2 atom stereocenters. The third-order valence-electron chi connectivity index (χ3n) is 6.14. The largest absolute Gasteiger partial charge is 0.483 e. The van der Waals surface area contributed by atoms with Gasteiger partial charge in [-0.1, -0.05) is 42.5 Å². The van der Waals surface area contributed by atoms with Crippen molar-refractivity contribution >= 4 is 18.6 Å². The average Bonchev–Trinajstić information content (AvgIpc) is 3.42. The van der Waals surface area contributed by atoms with Crippen LogP contribution in [0.4, 0.5) is 5.69 Å². The molecule has 11 heteroatoms. The van der Waals surface area contributed by atoms with E-state index in [-0.39, 0.29) is 25.1 Å². The number of benzene rings is 2. The summed E-state index contributed by atoms with van der Waals surface area (Å²) in [6.07, 6.45) is 4.45. The molecule has 5 N–H and O–H groups in total. The van der Waals surface area contributed by atoms with Crippen LogP contribution in [0.3, 0.4) is 0 Å². The number of carboxylic acid groups (broad SMARTS) is 2. The monoisotopic (exact) mass is 542 g/mol. The summed E-state index contributed by atoms with van der Waals surface area (Å²) in [4.78, 5) is 21.3. The molecular weight excluding hydrogens is 512 g/mol. The third-order valence-corrected chi connectivity index (χ3v) is 6.14. The minimum atomic E-state index is -0.250. The maximum absolute atomic E-state index is 9.00. The lowest BCUT2D eigenvalue weighted by Crippen LogP contribution is -2.43. The van der Waals surface area contributed by atoms with Crippen molar-refractivity contribution in [2.24, 2.45) is 0 Å². The second-order valence-electron chi connectivity index (χ2n) is 8.61. The van der Waals surface area contributed by atoms with Gasteiger partial charge < -0.3 is 25.6 Å². The van der Waals surface area contributed by atoms with Crippen molar-refractivity contribution in [3.63, 3.8) is 0 Å². The van der Waals surface area contributed by atoms with Gasteiger partial charge in [-0.25, -0.2) is 4.98 Å². The number of aryl methyl sites for hydroxylation is 1. The Bertz CT molecular complexity index is 1400. The zero-order valence-electron chi connectivity index (χ0n) is 21.8. The van der Waals surface area contributed by atoms with E-state index in [4.69, 9.17) is 29.8 Å². The van der Waals surface area contributed by atoms with E-state index >= 15 is 0 Å². The molecule has 0 aliphatic carbocycles. The standard InChI is InChI=1S/C27H26N6O.2CH2O2/c1-18-23(16-32-33-18)22-13-24-27(31-15-22)34-25(17-30-24)26(21-5-3-2-4-6-21)29-12-11-19-7-9-20(14-28)10-8-19;2*2-1-3/h2-10,13,15-16,25-26,29-30H,11-12,17H2,1H3,(H,32,33);2*1H,(H,2,3)/t25-,26+;;/m0../s1. The van der Waals surface area contributed by atoms with E-state index in [1.54, 1.807) is 0 Å². The van der Waals surface area contributed by atoms with Crippen molar-refractivity contribution in [1.29, 1.82) is 5.26 Å². The number of hydrogen-bond donors (Lipinski definition) is 5. The average molecular weight is 543 g/mol. The fourth-order valence-electron chi connectivity index (χ4n) is 4.29. The summed E-state index contributed by atoms with van der Waals surface area (Å²) in [6.45, 7) is 2.91. The lowest BCUT2D eigenvalue weighted by atomic mass is 9.99. The Kier molecular flexibility index (Phi) is 11.2. The van der Waals surface area contributed by atoms with Gasteiger partial charge in [0.15, 0.2) is 0 Å². The molecule has 5 rings (SSSR count). The summed E-state index contributed by atoms with van der Waals surface area (Å²) >= 11 is 0. The van der Waals surface area contributed by atoms with Gasteiger partial charge in [-0.2, -0.15) is 10.4 Å². The lowest BCUT2D eigenvalue weighted by Gasteiger charge is -2.33. The number of H-pyrrole nitrogens is 1. The maximum atomic E-state index is 9.00. The number of aromatic amines is 1. The number of rotatable bonds is 7. The Hall–Kier alpha value is -5.21. The number of anilines is 1. The summed E-state index contributed by atoms with van der Waals surface area (Å²) < 4.78 is 6.39. The van der Waals surface area contributed by atoms with Gasteiger partial charge in [-0.3, -0.25) is 14.7 Å². The number of carbonyl (C=O) groups is 2. The number of fused-ring (bicyclic) bond motifs is 1. The summed E-state index contributed by atoms with van der Waals surface area (Å²) in [5.74, 6) is 0.607. The summed E-state index contributed by atoms with van der Waals surface area (Å²) in [7, 11) is 0. The predicted molar refractivity (Wildman–Crippen MR) is 149 cm³/mol. The molecular formula is C29H30N6O5. The van der Waals surface area contributed by atoms with Crippen molar-refractivity contribution < 1.29 is 24.5 Å². The van der Waals surface area contributed by atoms with E-state index < -0.39 is 0 Å². The van der Waals surface area contributed by atoms with Gasteiger partial charge in [-0.05, 0) is 49.2 Å². The van der Waals surface area contributed by atoms with E-state index in [1.807, 2.05) is 61.8 Å². The van der Waals surface area contributed by atoms with E-state index in [0.29, 0.717) is 18.0 Å². The van der Waals surface area contributed by atoms with Crippen molar-refractivity contribution in [3.8, 4) is 23.1 Å². The molecule has 2 aromatic heterocycles. The zero-order chi connectivity index (χ0) is 28.7. The van der Waals surface area contributed by atoms with Crippen molar-refractivity contribution in [3.05, 3.63) is 95.4 Å². The van der Waals surface area contributed by atoms with Gasteiger partial charge in [-0.15, -0.1) is 0 Å². The topological polar surface area (TPSA) is 173 Å². The Morgan fingerprint density at radius 3 is 2.48 bits per heavy atom. The predicted octanol–water partition coefficient (Wildman–Crippen LogP) is 3.80. The van der Waals surface area contributed by atoms with Crippen molar-refractivity contribution in [1.82, 2.24) is 20.5 Å². The van der Waals surface area contributed by atoms with Crippen LogP contribution in [0, 0.1) is 18.3 Å². The zero-order valence-corrected chi connectivity index (χ0v) is 21.8. The first-order valence-corrected chi connectivity index (χ1v) is 12.4. The van der Waals surface area contributed by atoms with Crippen LogP contribution in [0.1, 0.15) is 28.4 Å². The molecule has 0 unspecified atom stereocenters. The van der Waals surface area contributed by atoms with Crippen LogP contribution >= 0.6 is 0 Å². The highest BCUT2D eigenvalue weighted by Crippen LogP contribution is 2.34. The number of ether oxygens (including phenoxy) is 1. The molecule has 40 heavy (non-hydrogen) atoms. The number of nitriles is 1. The molecule has 4 aromatic rings. The van der Waals surface area contributed by atoms with Crippen LogP contribution in [0.25, 0.3) is 11.1 Å². The first kappa shape index (κ1) is 29.3. The smallest absolute Gasteiger partial charge is 0.290 e. The first-order chi connectivity index (χ1) is 19.5. The highest BCUT2D eigenvalue weighted by atomic mass is 16.5. The fraction of sp³-hybridized carbons (Fsp3) is 0.207.